The molecule has 0 saturated carbocycles. The number of rotatable bonds is 7. The molecule has 3 aromatic carbocycles. The second kappa shape index (κ2) is 9.23. The van der Waals surface area contributed by atoms with Crippen LogP contribution in [0.15, 0.2) is 90.2 Å². The highest BCUT2D eigenvalue weighted by Gasteiger charge is 2.07. The first kappa shape index (κ1) is 19.6. The summed E-state index contributed by atoms with van der Waals surface area (Å²) >= 11 is 0. The van der Waals surface area contributed by atoms with E-state index in [-0.39, 0.29) is 5.91 Å². The predicted octanol–water partition coefficient (Wildman–Crippen LogP) is 4.94. The van der Waals surface area contributed by atoms with Crippen molar-refractivity contribution in [3.05, 3.63) is 107 Å². The van der Waals surface area contributed by atoms with Crippen LogP contribution in [0, 0.1) is 0 Å². The second-order valence-electron chi connectivity index (χ2n) is 7.36. The summed E-state index contributed by atoms with van der Waals surface area (Å²) in [7, 11) is 0. The predicted molar refractivity (Wildman–Crippen MR) is 123 cm³/mol. The summed E-state index contributed by atoms with van der Waals surface area (Å²) in [5, 5.41) is 5.32. The minimum absolute atomic E-state index is 0.122. The van der Waals surface area contributed by atoms with Crippen molar-refractivity contribution in [1.82, 2.24) is 9.99 Å². The zero-order valence-electron chi connectivity index (χ0n) is 17.1. The van der Waals surface area contributed by atoms with Crippen LogP contribution >= 0.6 is 0 Å². The summed E-state index contributed by atoms with van der Waals surface area (Å²) in [5.41, 5.74) is 8.27. The van der Waals surface area contributed by atoms with Crippen molar-refractivity contribution in [3.63, 3.8) is 0 Å². The minimum Gasteiger partial charge on any atom is -0.342 e. The molecule has 0 aliphatic carbocycles. The lowest BCUT2D eigenvalue weighted by atomic mass is 10.1. The number of nitrogens with one attached hydrogen (secondary N) is 1. The van der Waals surface area contributed by atoms with Gasteiger partial charge in [0.1, 0.15) is 0 Å². The van der Waals surface area contributed by atoms with Crippen LogP contribution in [0.25, 0.3) is 10.9 Å². The van der Waals surface area contributed by atoms with Gasteiger partial charge < -0.3 is 4.57 Å². The number of fused-ring (bicyclic) bond motifs is 1. The molecule has 0 spiro atoms. The largest absolute Gasteiger partial charge is 0.342 e. The van der Waals surface area contributed by atoms with Gasteiger partial charge >= 0.3 is 0 Å². The monoisotopic (exact) mass is 395 g/mol. The number of amides is 1. The Hall–Kier alpha value is -3.66. The third-order valence-electron chi connectivity index (χ3n) is 5.20. The highest BCUT2D eigenvalue weighted by molar-refractivity contribution is 5.99. The van der Waals surface area contributed by atoms with Gasteiger partial charge in [-0.05, 0) is 29.2 Å². The molecule has 1 heterocycles. The summed E-state index contributed by atoms with van der Waals surface area (Å²) in [4.78, 5) is 12.2. The fraction of sp³-hybridized carbons (Fsp3) is 0.154. The van der Waals surface area contributed by atoms with Gasteiger partial charge in [-0.15, -0.1) is 0 Å². The molecule has 0 atom stereocenters. The third kappa shape index (κ3) is 4.66. The summed E-state index contributed by atoms with van der Waals surface area (Å²) in [6, 6.07) is 26.7. The van der Waals surface area contributed by atoms with Crippen LogP contribution < -0.4 is 5.43 Å². The van der Waals surface area contributed by atoms with E-state index in [2.05, 4.69) is 76.7 Å². The molecule has 4 aromatic rings. The Morgan fingerprint density at radius 3 is 2.37 bits per heavy atom. The van der Waals surface area contributed by atoms with Gasteiger partial charge in [0.2, 0.25) is 5.91 Å². The number of benzene rings is 3. The molecule has 4 nitrogen and oxygen atoms in total. The van der Waals surface area contributed by atoms with E-state index >= 15 is 0 Å². The Morgan fingerprint density at radius 1 is 0.900 bits per heavy atom. The Kier molecular flexibility index (Phi) is 6.04. The van der Waals surface area contributed by atoms with Gasteiger partial charge in [-0.3, -0.25) is 4.79 Å². The van der Waals surface area contributed by atoms with Crippen LogP contribution in [0.4, 0.5) is 0 Å². The summed E-state index contributed by atoms with van der Waals surface area (Å²) < 4.78 is 2.21. The first-order valence-corrected chi connectivity index (χ1v) is 10.2. The zero-order valence-corrected chi connectivity index (χ0v) is 17.1. The van der Waals surface area contributed by atoms with Gasteiger partial charge in [0.05, 0.1) is 12.6 Å². The third-order valence-corrected chi connectivity index (χ3v) is 5.20. The Labute approximate surface area is 176 Å². The minimum atomic E-state index is -0.122. The van der Waals surface area contributed by atoms with E-state index < -0.39 is 0 Å². The number of hydrazone groups is 1. The Balaban J connectivity index is 1.46. The van der Waals surface area contributed by atoms with Crippen molar-refractivity contribution in [2.45, 2.75) is 26.3 Å². The number of para-hydroxylation sites is 1. The molecule has 1 aromatic heterocycles. The van der Waals surface area contributed by atoms with E-state index in [0.29, 0.717) is 6.42 Å². The van der Waals surface area contributed by atoms with Gasteiger partial charge in [0.25, 0.3) is 0 Å². The standard InChI is InChI=1S/C26H25N3O/c1-2-20-12-14-21(15-13-20)16-26(30)28-27-17-23-19-29(18-22-8-4-3-5-9-22)25-11-7-6-10-24(23)25/h3-15,17,19H,2,16,18H2,1H3,(H,28,30)/b27-17-. The van der Waals surface area contributed by atoms with Crippen LogP contribution in [0.3, 0.4) is 0 Å². The highest BCUT2D eigenvalue weighted by Crippen LogP contribution is 2.21. The lowest BCUT2D eigenvalue weighted by Gasteiger charge is -2.05. The smallest absolute Gasteiger partial charge is 0.244 e. The average molecular weight is 396 g/mol. The van der Waals surface area contributed by atoms with Gasteiger partial charge in [-0.25, -0.2) is 5.43 Å². The number of carbonyl (C=O) groups is 1. The molecule has 0 bridgehead atoms. The lowest BCUT2D eigenvalue weighted by Crippen LogP contribution is -2.19. The second-order valence-corrected chi connectivity index (χ2v) is 7.36. The quantitative estimate of drug-likeness (QED) is 0.349. The molecular formula is C26H25N3O. The van der Waals surface area contributed by atoms with Crippen molar-refractivity contribution in [1.29, 1.82) is 0 Å². The number of carbonyl (C=O) groups excluding carboxylic acids is 1. The van der Waals surface area contributed by atoms with E-state index in [1.165, 1.54) is 11.1 Å². The maximum Gasteiger partial charge on any atom is 0.244 e. The molecule has 30 heavy (non-hydrogen) atoms. The number of hydrogen-bond acceptors (Lipinski definition) is 2. The van der Waals surface area contributed by atoms with E-state index in [4.69, 9.17) is 0 Å². The normalized spacial score (nSPS) is 11.2. The van der Waals surface area contributed by atoms with Crippen LogP contribution in [0.2, 0.25) is 0 Å². The SMILES string of the molecule is CCc1ccc(CC(=O)N/N=C\c2cn(Cc3ccccc3)c3ccccc23)cc1. The fourth-order valence-electron chi connectivity index (χ4n) is 3.58. The molecule has 0 unspecified atom stereocenters. The molecule has 4 rings (SSSR count). The number of aryl methyl sites for hydroxylation is 1. The van der Waals surface area contributed by atoms with E-state index in [0.717, 1.165) is 35.0 Å². The maximum absolute atomic E-state index is 12.2. The highest BCUT2D eigenvalue weighted by atomic mass is 16.2. The molecule has 4 heteroatoms. The van der Waals surface area contributed by atoms with Crippen LogP contribution in [0.1, 0.15) is 29.2 Å². The van der Waals surface area contributed by atoms with Crippen LogP contribution in [-0.2, 0) is 24.2 Å². The van der Waals surface area contributed by atoms with Crippen molar-refractivity contribution < 1.29 is 4.79 Å². The van der Waals surface area contributed by atoms with Gasteiger partial charge in [-0.1, -0.05) is 79.7 Å². The molecule has 150 valence electrons. The van der Waals surface area contributed by atoms with Crippen molar-refractivity contribution in [2.24, 2.45) is 5.10 Å². The molecule has 0 fully saturated rings. The van der Waals surface area contributed by atoms with Crippen molar-refractivity contribution >= 4 is 23.0 Å². The summed E-state index contributed by atoms with van der Waals surface area (Å²) in [6.45, 7) is 2.91. The average Bonchev–Trinajstić information content (AvgIpc) is 3.12. The van der Waals surface area contributed by atoms with Crippen molar-refractivity contribution in [2.75, 3.05) is 0 Å². The molecule has 0 radical (unpaired) electrons. The first-order valence-electron chi connectivity index (χ1n) is 10.2. The summed E-state index contributed by atoms with van der Waals surface area (Å²) in [6.07, 6.45) is 5.12. The van der Waals surface area contributed by atoms with Gasteiger partial charge in [-0.2, -0.15) is 5.10 Å². The van der Waals surface area contributed by atoms with Gasteiger partial charge in [0, 0.05) is 29.2 Å². The zero-order chi connectivity index (χ0) is 20.8. The van der Waals surface area contributed by atoms with Gasteiger partial charge in [0.15, 0.2) is 0 Å². The fourth-order valence-corrected chi connectivity index (χ4v) is 3.58. The molecule has 0 aliphatic heterocycles. The molecule has 0 aliphatic rings. The van der Waals surface area contributed by atoms with E-state index in [9.17, 15) is 4.79 Å². The maximum atomic E-state index is 12.2. The Morgan fingerprint density at radius 2 is 1.60 bits per heavy atom. The number of hydrogen-bond donors (Lipinski definition) is 1. The van der Waals surface area contributed by atoms with E-state index in [1.807, 2.05) is 30.3 Å². The number of nitrogens with zero attached hydrogens (tertiary/aromatic N) is 2. The Bertz CT molecular complexity index is 1160. The number of aromatic nitrogens is 1. The summed E-state index contributed by atoms with van der Waals surface area (Å²) in [5.74, 6) is -0.122. The molecular weight excluding hydrogens is 370 g/mol. The van der Waals surface area contributed by atoms with Crippen LogP contribution in [-0.4, -0.2) is 16.7 Å². The van der Waals surface area contributed by atoms with E-state index in [1.54, 1.807) is 6.21 Å². The molecule has 1 amide bonds. The molecule has 1 N–H and O–H groups in total. The topological polar surface area (TPSA) is 46.4 Å². The van der Waals surface area contributed by atoms with Crippen molar-refractivity contribution in [3.8, 4) is 0 Å². The molecule has 0 saturated heterocycles. The first-order chi connectivity index (χ1) is 14.7. The van der Waals surface area contributed by atoms with Crippen LogP contribution in [0.5, 0.6) is 0 Å². The lowest BCUT2D eigenvalue weighted by molar-refractivity contribution is -0.120.